The number of hydrogen-bond donors (Lipinski definition) is 0. The zero-order chi connectivity index (χ0) is 13.7. The largest absolute Gasteiger partial charge is 0.275 e. The highest BCUT2D eigenvalue weighted by Crippen LogP contribution is 2.28. The van der Waals surface area contributed by atoms with Crippen LogP contribution in [-0.2, 0) is 7.05 Å². The molecule has 3 heterocycles. The Kier molecular flexibility index (Phi) is 2.37. The summed E-state index contributed by atoms with van der Waals surface area (Å²) in [6, 6.07) is 6.39. The number of aromatic nitrogens is 4. The minimum atomic E-state index is 0.956. The Hall–Kier alpha value is -2.27. The molecule has 0 aliphatic heterocycles. The van der Waals surface area contributed by atoms with Gasteiger partial charge in [-0.3, -0.25) is 9.67 Å². The van der Waals surface area contributed by atoms with Gasteiger partial charge in [-0.2, -0.15) is 5.10 Å². The van der Waals surface area contributed by atoms with Crippen molar-refractivity contribution in [2.75, 3.05) is 0 Å². The van der Waals surface area contributed by atoms with E-state index >= 15 is 0 Å². The van der Waals surface area contributed by atoms with Gasteiger partial charge in [-0.15, -0.1) is 11.3 Å². The number of fused-ring (bicyclic) bond motifs is 2. The van der Waals surface area contributed by atoms with Gasteiger partial charge in [0.05, 0.1) is 33.1 Å². The summed E-state index contributed by atoms with van der Waals surface area (Å²) >= 11 is 1.64. The molecule has 4 aromatic rings. The monoisotopic (exact) mass is 280 g/mol. The first-order valence-electron chi connectivity index (χ1n) is 6.34. The Bertz CT molecular complexity index is 936. The molecule has 98 valence electrons. The first-order chi connectivity index (χ1) is 9.70. The van der Waals surface area contributed by atoms with E-state index in [-0.39, 0.29) is 0 Å². The van der Waals surface area contributed by atoms with Crippen LogP contribution in [0, 0.1) is 6.92 Å². The number of thiazole rings is 1. The third kappa shape index (κ3) is 1.71. The van der Waals surface area contributed by atoms with E-state index < -0.39 is 0 Å². The van der Waals surface area contributed by atoms with Gasteiger partial charge in [-0.05, 0) is 30.7 Å². The normalized spacial score (nSPS) is 11.5. The van der Waals surface area contributed by atoms with Crippen LogP contribution in [-0.4, -0.2) is 19.7 Å². The van der Waals surface area contributed by atoms with Gasteiger partial charge in [-0.25, -0.2) is 4.98 Å². The van der Waals surface area contributed by atoms with E-state index in [0.717, 1.165) is 27.7 Å². The maximum atomic E-state index is 4.52. The van der Waals surface area contributed by atoms with E-state index in [1.807, 2.05) is 29.6 Å². The van der Waals surface area contributed by atoms with Crippen molar-refractivity contribution in [2.45, 2.75) is 6.92 Å². The molecule has 0 saturated carbocycles. The lowest BCUT2D eigenvalue weighted by atomic mass is 10.0. The Morgan fingerprint density at radius 3 is 2.95 bits per heavy atom. The van der Waals surface area contributed by atoms with Crippen molar-refractivity contribution < 1.29 is 0 Å². The van der Waals surface area contributed by atoms with E-state index in [2.05, 4.69) is 40.2 Å². The summed E-state index contributed by atoms with van der Waals surface area (Å²) in [5.74, 6) is 0. The predicted octanol–water partition coefficient (Wildman–Crippen LogP) is 3.55. The molecule has 0 fully saturated rings. The van der Waals surface area contributed by atoms with Gasteiger partial charge in [0.15, 0.2) is 0 Å². The molecule has 3 aromatic heterocycles. The third-order valence-corrected chi connectivity index (χ3v) is 4.22. The maximum absolute atomic E-state index is 4.52. The summed E-state index contributed by atoms with van der Waals surface area (Å²) in [5.41, 5.74) is 7.14. The Balaban J connectivity index is 1.96. The molecule has 5 heteroatoms. The zero-order valence-corrected chi connectivity index (χ0v) is 12.0. The molecule has 0 bridgehead atoms. The first-order valence-corrected chi connectivity index (χ1v) is 7.22. The van der Waals surface area contributed by atoms with Gasteiger partial charge >= 0.3 is 0 Å². The van der Waals surface area contributed by atoms with E-state index in [1.54, 1.807) is 11.3 Å². The molecule has 0 saturated heterocycles. The van der Waals surface area contributed by atoms with E-state index in [1.165, 1.54) is 10.3 Å². The highest BCUT2D eigenvalue weighted by molar-refractivity contribution is 7.16. The molecule has 4 rings (SSSR count). The van der Waals surface area contributed by atoms with Crippen LogP contribution in [0.2, 0.25) is 0 Å². The number of rotatable bonds is 1. The molecule has 0 atom stereocenters. The van der Waals surface area contributed by atoms with Gasteiger partial charge in [-0.1, -0.05) is 0 Å². The smallest absolute Gasteiger partial charge is 0.0995 e. The van der Waals surface area contributed by atoms with Crippen LogP contribution in [0.1, 0.15) is 5.56 Å². The van der Waals surface area contributed by atoms with E-state index in [4.69, 9.17) is 0 Å². The van der Waals surface area contributed by atoms with Crippen molar-refractivity contribution in [3.05, 3.63) is 41.7 Å². The van der Waals surface area contributed by atoms with Gasteiger partial charge in [0, 0.05) is 24.2 Å². The highest BCUT2D eigenvalue weighted by Gasteiger charge is 2.08. The number of pyridine rings is 1. The summed E-state index contributed by atoms with van der Waals surface area (Å²) in [7, 11) is 1.95. The summed E-state index contributed by atoms with van der Waals surface area (Å²) < 4.78 is 3.01. The summed E-state index contributed by atoms with van der Waals surface area (Å²) in [5, 5.41) is 5.62. The second-order valence-electron chi connectivity index (χ2n) is 4.92. The average molecular weight is 280 g/mol. The van der Waals surface area contributed by atoms with Crippen LogP contribution in [0.5, 0.6) is 0 Å². The highest BCUT2D eigenvalue weighted by atomic mass is 32.1. The average Bonchev–Trinajstić information content (AvgIpc) is 3.03. The van der Waals surface area contributed by atoms with Crippen LogP contribution in [0.25, 0.3) is 32.4 Å². The Morgan fingerprint density at radius 2 is 2.05 bits per heavy atom. The van der Waals surface area contributed by atoms with Crippen molar-refractivity contribution in [1.82, 2.24) is 19.7 Å². The predicted molar refractivity (Wildman–Crippen MR) is 81.9 cm³/mol. The quantitative estimate of drug-likeness (QED) is 0.535. The lowest BCUT2D eigenvalue weighted by molar-refractivity contribution is 0.779. The first kappa shape index (κ1) is 11.5. The SMILES string of the molecule is Cc1cc(-c2cc3scnc3cn2)cc2cn(C)nc12. The van der Waals surface area contributed by atoms with E-state index in [9.17, 15) is 0 Å². The number of hydrogen-bond acceptors (Lipinski definition) is 4. The number of nitrogens with zero attached hydrogens (tertiary/aromatic N) is 4. The van der Waals surface area contributed by atoms with Crippen molar-refractivity contribution in [3.63, 3.8) is 0 Å². The van der Waals surface area contributed by atoms with Crippen LogP contribution in [0.3, 0.4) is 0 Å². The van der Waals surface area contributed by atoms with Crippen LogP contribution in [0.4, 0.5) is 0 Å². The van der Waals surface area contributed by atoms with Gasteiger partial charge < -0.3 is 0 Å². The molecule has 4 nitrogen and oxygen atoms in total. The van der Waals surface area contributed by atoms with Crippen molar-refractivity contribution in [2.24, 2.45) is 7.05 Å². The number of aryl methyl sites for hydroxylation is 2. The van der Waals surface area contributed by atoms with Gasteiger partial charge in [0.25, 0.3) is 0 Å². The molecule has 20 heavy (non-hydrogen) atoms. The van der Waals surface area contributed by atoms with E-state index in [0.29, 0.717) is 0 Å². The third-order valence-electron chi connectivity index (χ3n) is 3.43. The molecule has 0 radical (unpaired) electrons. The molecule has 0 aliphatic rings. The molecule has 0 N–H and O–H groups in total. The Labute approximate surface area is 119 Å². The summed E-state index contributed by atoms with van der Waals surface area (Å²) in [4.78, 5) is 8.79. The fourth-order valence-corrected chi connectivity index (χ4v) is 3.18. The molecular weight excluding hydrogens is 268 g/mol. The van der Waals surface area contributed by atoms with Crippen LogP contribution >= 0.6 is 11.3 Å². The van der Waals surface area contributed by atoms with Crippen LogP contribution in [0.15, 0.2) is 36.1 Å². The molecular formula is C15H12N4S. The molecule has 0 aliphatic carbocycles. The van der Waals surface area contributed by atoms with Crippen molar-refractivity contribution in [1.29, 1.82) is 0 Å². The van der Waals surface area contributed by atoms with Crippen molar-refractivity contribution >= 4 is 32.5 Å². The van der Waals surface area contributed by atoms with Gasteiger partial charge in [0.2, 0.25) is 0 Å². The summed E-state index contributed by atoms with van der Waals surface area (Å²) in [6.07, 6.45) is 3.88. The molecule has 0 spiro atoms. The molecule has 0 amide bonds. The standard InChI is InChI=1S/C15H12N4S/c1-9-3-10(4-11-7-19(2)18-15(9)11)12-5-14-13(6-16-12)17-8-20-14/h3-8H,1-2H3. The number of benzene rings is 1. The maximum Gasteiger partial charge on any atom is 0.0995 e. The minimum Gasteiger partial charge on any atom is -0.275 e. The van der Waals surface area contributed by atoms with Crippen LogP contribution < -0.4 is 0 Å². The lowest BCUT2D eigenvalue weighted by Gasteiger charge is -2.03. The van der Waals surface area contributed by atoms with Crippen molar-refractivity contribution in [3.8, 4) is 11.3 Å². The zero-order valence-electron chi connectivity index (χ0n) is 11.2. The second-order valence-corrected chi connectivity index (χ2v) is 5.81. The molecule has 1 aromatic carbocycles. The molecule has 0 unspecified atom stereocenters. The van der Waals surface area contributed by atoms with Gasteiger partial charge in [0.1, 0.15) is 0 Å². The lowest BCUT2D eigenvalue weighted by Crippen LogP contribution is -1.87. The topological polar surface area (TPSA) is 43.6 Å². The fraction of sp³-hybridized carbons (Fsp3) is 0.133. The summed E-state index contributed by atoms with van der Waals surface area (Å²) in [6.45, 7) is 2.09. The Morgan fingerprint density at radius 1 is 1.15 bits per heavy atom. The fourth-order valence-electron chi connectivity index (χ4n) is 2.50. The second kappa shape index (κ2) is 4.11. The minimum absolute atomic E-state index is 0.956.